The summed E-state index contributed by atoms with van der Waals surface area (Å²) in [6.45, 7) is 0. The third-order valence-electron chi connectivity index (χ3n) is 7.03. The fraction of sp³-hybridized carbons (Fsp3) is 0. The fourth-order valence-corrected chi connectivity index (χ4v) is 5.32. The van der Waals surface area contributed by atoms with E-state index in [1.54, 1.807) is 0 Å². The Morgan fingerprint density at radius 3 is 1.54 bits per heavy atom. The van der Waals surface area contributed by atoms with Crippen LogP contribution in [-0.4, -0.2) is 0 Å². The van der Waals surface area contributed by atoms with Crippen LogP contribution in [0.1, 0.15) is 0 Å². The highest BCUT2D eigenvalue weighted by Crippen LogP contribution is 2.37. The normalized spacial score (nSPS) is 11.4. The summed E-state index contributed by atoms with van der Waals surface area (Å²) in [5, 5.41) is 13.9. The predicted molar refractivity (Wildman–Crippen MR) is 152 cm³/mol. The summed E-state index contributed by atoms with van der Waals surface area (Å²) in [6, 6.07) is 47.9. The van der Waals surface area contributed by atoms with Gasteiger partial charge in [0.05, 0.1) is 0 Å². The molecule has 0 bridgehead atoms. The van der Waals surface area contributed by atoms with Gasteiger partial charge in [0.15, 0.2) is 0 Å². The summed E-state index contributed by atoms with van der Waals surface area (Å²) in [7, 11) is 0. The Hall–Kier alpha value is -4.62. The van der Waals surface area contributed by atoms with E-state index in [9.17, 15) is 0 Å². The first-order chi connectivity index (χ1) is 17.3. The van der Waals surface area contributed by atoms with E-state index in [4.69, 9.17) is 0 Å². The fourth-order valence-electron chi connectivity index (χ4n) is 5.32. The van der Waals surface area contributed by atoms with Gasteiger partial charge in [0, 0.05) is 16.8 Å². The van der Waals surface area contributed by atoms with Crippen LogP contribution < -0.4 is 5.32 Å². The topological polar surface area (TPSA) is 12.0 Å². The van der Waals surface area contributed by atoms with E-state index >= 15 is 0 Å². The minimum absolute atomic E-state index is 1.09. The zero-order valence-corrected chi connectivity index (χ0v) is 19.2. The first-order valence-electron chi connectivity index (χ1n) is 12.0. The van der Waals surface area contributed by atoms with Crippen LogP contribution >= 0.6 is 0 Å². The molecule has 1 nitrogen and oxygen atoms in total. The van der Waals surface area contributed by atoms with E-state index in [1.165, 1.54) is 54.2 Å². The largest absolute Gasteiger partial charge is 0.355 e. The Labute approximate surface area is 204 Å². The van der Waals surface area contributed by atoms with Crippen LogP contribution in [-0.2, 0) is 0 Å². The number of rotatable bonds is 3. The lowest BCUT2D eigenvalue weighted by atomic mass is 9.92. The van der Waals surface area contributed by atoms with Gasteiger partial charge in [0.2, 0.25) is 0 Å². The van der Waals surface area contributed by atoms with Crippen molar-refractivity contribution in [2.24, 2.45) is 0 Å². The van der Waals surface area contributed by atoms with Crippen molar-refractivity contribution in [3.05, 3.63) is 133 Å². The molecule has 0 amide bonds. The van der Waals surface area contributed by atoms with Crippen molar-refractivity contribution in [2.45, 2.75) is 0 Å². The van der Waals surface area contributed by atoms with Crippen molar-refractivity contribution in [3.8, 4) is 11.1 Å². The average Bonchev–Trinajstić information content (AvgIpc) is 2.94. The molecule has 0 radical (unpaired) electrons. The van der Waals surface area contributed by atoms with Gasteiger partial charge < -0.3 is 5.32 Å². The average molecular weight is 446 g/mol. The lowest BCUT2D eigenvalue weighted by Gasteiger charge is -2.13. The van der Waals surface area contributed by atoms with Crippen LogP contribution in [0.25, 0.3) is 54.2 Å². The van der Waals surface area contributed by atoms with Crippen molar-refractivity contribution in [1.29, 1.82) is 0 Å². The molecule has 0 spiro atoms. The molecule has 0 aliphatic heterocycles. The van der Waals surface area contributed by atoms with Gasteiger partial charge in [-0.25, -0.2) is 0 Å². The number of benzene rings is 7. The molecule has 164 valence electrons. The Morgan fingerprint density at radius 2 is 0.857 bits per heavy atom. The zero-order chi connectivity index (χ0) is 23.2. The molecule has 0 fully saturated rings. The molecule has 1 N–H and O–H groups in total. The Kier molecular flexibility index (Phi) is 4.53. The monoisotopic (exact) mass is 445 g/mol. The second kappa shape index (κ2) is 8.00. The van der Waals surface area contributed by atoms with Gasteiger partial charge in [0.1, 0.15) is 0 Å². The van der Waals surface area contributed by atoms with Gasteiger partial charge in [-0.2, -0.15) is 0 Å². The van der Waals surface area contributed by atoms with Crippen LogP contribution in [0.4, 0.5) is 11.4 Å². The van der Waals surface area contributed by atoms with Gasteiger partial charge in [-0.3, -0.25) is 0 Å². The molecule has 1 heteroatoms. The number of fused-ring (bicyclic) bond motifs is 7. The Balaban J connectivity index is 1.30. The lowest BCUT2D eigenvalue weighted by Crippen LogP contribution is -1.91. The zero-order valence-electron chi connectivity index (χ0n) is 19.2. The molecule has 0 saturated carbocycles. The molecule has 0 aliphatic carbocycles. The number of hydrogen-bond acceptors (Lipinski definition) is 1. The number of hydrogen-bond donors (Lipinski definition) is 1. The van der Waals surface area contributed by atoms with Crippen molar-refractivity contribution in [1.82, 2.24) is 0 Å². The van der Waals surface area contributed by atoms with E-state index in [-0.39, 0.29) is 0 Å². The van der Waals surface area contributed by atoms with Gasteiger partial charge >= 0.3 is 0 Å². The summed E-state index contributed by atoms with van der Waals surface area (Å²) in [4.78, 5) is 0. The van der Waals surface area contributed by atoms with Gasteiger partial charge in [-0.1, -0.05) is 109 Å². The third kappa shape index (κ3) is 3.33. The highest BCUT2D eigenvalue weighted by molar-refractivity contribution is 6.25. The van der Waals surface area contributed by atoms with E-state index in [1.807, 2.05) is 0 Å². The van der Waals surface area contributed by atoms with Gasteiger partial charge in [-0.15, -0.1) is 0 Å². The molecule has 0 saturated heterocycles. The maximum Gasteiger partial charge on any atom is 0.0463 e. The van der Waals surface area contributed by atoms with Crippen molar-refractivity contribution < 1.29 is 0 Å². The molecule has 7 aromatic rings. The molecule has 0 atom stereocenters. The van der Waals surface area contributed by atoms with Gasteiger partial charge in [0.25, 0.3) is 0 Å². The highest BCUT2D eigenvalue weighted by atomic mass is 14.9. The summed E-state index contributed by atoms with van der Waals surface area (Å²) >= 11 is 0. The predicted octanol–water partition coefficient (Wildman–Crippen LogP) is 9.71. The van der Waals surface area contributed by atoms with Crippen LogP contribution in [0.5, 0.6) is 0 Å². The molecule has 0 unspecified atom stereocenters. The first kappa shape index (κ1) is 19.8. The molecule has 35 heavy (non-hydrogen) atoms. The summed E-state index contributed by atoms with van der Waals surface area (Å²) in [6.07, 6.45) is 0. The van der Waals surface area contributed by atoms with Gasteiger partial charge in [-0.05, 0) is 73.1 Å². The van der Waals surface area contributed by atoms with E-state index in [2.05, 4.69) is 139 Å². The Morgan fingerprint density at radius 1 is 0.343 bits per heavy atom. The number of anilines is 2. The third-order valence-corrected chi connectivity index (χ3v) is 7.03. The van der Waals surface area contributed by atoms with Crippen LogP contribution in [0.15, 0.2) is 133 Å². The minimum Gasteiger partial charge on any atom is -0.355 e. The molecule has 7 aromatic carbocycles. The molecular weight excluding hydrogens is 422 g/mol. The summed E-state index contributed by atoms with van der Waals surface area (Å²) in [5.74, 6) is 0. The Bertz CT molecular complexity index is 1820. The SMILES string of the molecule is c1ccc2c(Nc3ccc(-c4ccc5c6ccccc6c6ccccc6c5c4)cc3)cccc2c1. The first-order valence-corrected chi connectivity index (χ1v) is 12.0. The lowest BCUT2D eigenvalue weighted by molar-refractivity contribution is 1.57. The quantitative estimate of drug-likeness (QED) is 0.267. The minimum atomic E-state index is 1.09. The molecule has 7 rings (SSSR count). The molecule has 0 aromatic heterocycles. The standard InChI is InChI=1S/C34H23N/c1-2-10-27-24(8-1)9-7-15-34(27)35-26-19-16-23(17-20-26)25-18-21-32-30-13-4-3-11-28(30)29-12-5-6-14-31(29)33(32)22-25/h1-22,35H. The van der Waals surface area contributed by atoms with Crippen LogP contribution in [0.2, 0.25) is 0 Å². The van der Waals surface area contributed by atoms with Crippen LogP contribution in [0, 0.1) is 0 Å². The maximum atomic E-state index is 3.60. The van der Waals surface area contributed by atoms with Crippen molar-refractivity contribution in [3.63, 3.8) is 0 Å². The molecular formula is C34H23N. The van der Waals surface area contributed by atoms with E-state index < -0.39 is 0 Å². The van der Waals surface area contributed by atoms with E-state index in [0.29, 0.717) is 0 Å². The smallest absolute Gasteiger partial charge is 0.0463 e. The summed E-state index contributed by atoms with van der Waals surface area (Å²) < 4.78 is 0. The molecule has 0 aliphatic rings. The summed E-state index contributed by atoms with van der Waals surface area (Å²) in [5.41, 5.74) is 4.66. The highest BCUT2D eigenvalue weighted by Gasteiger charge is 2.09. The maximum absolute atomic E-state index is 3.60. The number of nitrogens with one attached hydrogen (secondary N) is 1. The second-order valence-electron chi connectivity index (χ2n) is 9.08. The second-order valence-corrected chi connectivity index (χ2v) is 9.08. The van der Waals surface area contributed by atoms with Crippen molar-refractivity contribution >= 4 is 54.5 Å². The van der Waals surface area contributed by atoms with Crippen LogP contribution in [0.3, 0.4) is 0 Å². The molecule has 0 heterocycles. The van der Waals surface area contributed by atoms with Crippen molar-refractivity contribution in [2.75, 3.05) is 5.32 Å². The van der Waals surface area contributed by atoms with E-state index in [0.717, 1.165) is 11.4 Å².